The quantitative estimate of drug-likeness (QED) is 0.686. The van der Waals surface area contributed by atoms with Crippen LogP contribution >= 0.6 is 0 Å². The third kappa shape index (κ3) is 4.79. The van der Waals surface area contributed by atoms with Crippen molar-refractivity contribution in [3.05, 3.63) is 11.9 Å². The maximum Gasteiger partial charge on any atom is 0.408 e. The predicted octanol–water partition coefficient (Wildman–Crippen LogP) is 0.975. The molecule has 10 nitrogen and oxygen atoms in total. The van der Waals surface area contributed by atoms with Crippen molar-refractivity contribution in [1.82, 2.24) is 30.0 Å². The molecule has 2 saturated heterocycles. The van der Waals surface area contributed by atoms with Crippen molar-refractivity contribution in [2.45, 2.75) is 58.1 Å². The second-order valence-corrected chi connectivity index (χ2v) is 10.2. The lowest BCUT2D eigenvalue weighted by Crippen LogP contribution is -2.60. The number of alkyl carbamates (subject to hydrolysis) is 1. The third-order valence-electron chi connectivity index (χ3n) is 6.55. The van der Waals surface area contributed by atoms with Crippen molar-refractivity contribution in [2.24, 2.45) is 5.92 Å². The summed E-state index contributed by atoms with van der Waals surface area (Å²) in [5.74, 6) is 0.119. The summed E-state index contributed by atoms with van der Waals surface area (Å²) < 4.78 is 5.42. The Balaban J connectivity index is 1.36. The molecule has 1 saturated carbocycles. The monoisotopic (exact) mass is 448 g/mol. The lowest BCUT2D eigenvalue weighted by atomic mass is 9.96. The zero-order valence-corrected chi connectivity index (χ0v) is 19.7. The Kier molecular flexibility index (Phi) is 6.24. The van der Waals surface area contributed by atoms with Crippen LogP contribution in [0.4, 0.5) is 4.79 Å². The van der Waals surface area contributed by atoms with Crippen molar-refractivity contribution in [3.63, 3.8) is 0 Å². The molecule has 1 unspecified atom stereocenters. The van der Waals surface area contributed by atoms with E-state index in [1.54, 1.807) is 5.01 Å². The van der Waals surface area contributed by atoms with Crippen LogP contribution in [0.25, 0.3) is 0 Å². The molecule has 1 N–H and O–H groups in total. The summed E-state index contributed by atoms with van der Waals surface area (Å²) in [5.41, 5.74) is 0.119. The molecule has 4 aliphatic rings. The van der Waals surface area contributed by atoms with E-state index in [4.69, 9.17) is 4.74 Å². The van der Waals surface area contributed by atoms with E-state index in [1.165, 1.54) is 0 Å². The topological polar surface area (TPSA) is 88.7 Å². The van der Waals surface area contributed by atoms with Crippen molar-refractivity contribution in [3.8, 4) is 0 Å². The molecular formula is C22H36N6O4. The SMILES string of the molecule is CN1C=C2C(=O)N(N3CCN(C(=O)C(NC(=O)OC(C)(C)C)C4CCCC4)CC3)CN2C1. The highest BCUT2D eigenvalue weighted by atomic mass is 16.6. The Morgan fingerprint density at radius 1 is 1.09 bits per heavy atom. The highest BCUT2D eigenvalue weighted by Gasteiger charge is 2.42. The Hall–Kier alpha value is -2.49. The fraction of sp³-hybridized carbons (Fsp3) is 0.773. The predicted molar refractivity (Wildman–Crippen MR) is 118 cm³/mol. The Labute approximate surface area is 190 Å². The average molecular weight is 449 g/mol. The normalized spacial score (nSPS) is 23.5. The molecule has 178 valence electrons. The number of piperazine rings is 1. The van der Waals surface area contributed by atoms with Crippen LogP contribution in [0, 0.1) is 5.92 Å². The molecule has 0 spiro atoms. The summed E-state index contributed by atoms with van der Waals surface area (Å²) in [5, 5.41) is 6.69. The van der Waals surface area contributed by atoms with Crippen LogP contribution in [0.2, 0.25) is 0 Å². The molecule has 0 aromatic rings. The average Bonchev–Trinajstić information content (AvgIpc) is 3.43. The Morgan fingerprint density at radius 3 is 2.34 bits per heavy atom. The number of hydrazine groups is 1. The highest BCUT2D eigenvalue weighted by molar-refractivity contribution is 5.94. The number of amides is 3. The van der Waals surface area contributed by atoms with E-state index >= 15 is 0 Å². The zero-order chi connectivity index (χ0) is 23.0. The fourth-order valence-electron chi connectivity index (χ4n) is 5.02. The molecule has 0 radical (unpaired) electrons. The summed E-state index contributed by atoms with van der Waals surface area (Å²) in [6, 6.07) is -0.557. The number of hydrogen-bond acceptors (Lipinski definition) is 7. The molecule has 10 heteroatoms. The molecule has 1 aliphatic carbocycles. The number of nitrogens with zero attached hydrogens (tertiary/aromatic N) is 5. The maximum atomic E-state index is 13.4. The van der Waals surface area contributed by atoms with Crippen molar-refractivity contribution >= 4 is 17.9 Å². The number of rotatable bonds is 4. The molecule has 3 amide bonds. The van der Waals surface area contributed by atoms with Gasteiger partial charge in [0.05, 0.1) is 6.67 Å². The van der Waals surface area contributed by atoms with Gasteiger partial charge in [-0.1, -0.05) is 12.8 Å². The first-order valence-corrected chi connectivity index (χ1v) is 11.6. The van der Waals surface area contributed by atoms with Gasteiger partial charge in [0.2, 0.25) is 5.91 Å². The minimum atomic E-state index is -0.611. The van der Waals surface area contributed by atoms with E-state index in [9.17, 15) is 14.4 Å². The first kappa shape index (κ1) is 22.7. The summed E-state index contributed by atoms with van der Waals surface area (Å²) in [4.78, 5) is 44.5. The van der Waals surface area contributed by atoms with Crippen LogP contribution < -0.4 is 5.32 Å². The Morgan fingerprint density at radius 2 is 1.75 bits per heavy atom. The van der Waals surface area contributed by atoms with E-state index in [-0.39, 0.29) is 17.7 Å². The van der Waals surface area contributed by atoms with Gasteiger partial charge >= 0.3 is 6.09 Å². The molecule has 3 heterocycles. The summed E-state index contributed by atoms with van der Waals surface area (Å²) in [6.45, 7) is 8.96. The van der Waals surface area contributed by atoms with Crippen LogP contribution in [0.15, 0.2) is 11.9 Å². The number of nitrogens with one attached hydrogen (secondary N) is 1. The zero-order valence-electron chi connectivity index (χ0n) is 19.7. The molecule has 1 atom stereocenters. The van der Waals surface area contributed by atoms with Gasteiger partial charge in [0, 0.05) is 39.4 Å². The molecule has 0 aromatic heterocycles. The van der Waals surface area contributed by atoms with Gasteiger partial charge < -0.3 is 24.8 Å². The van der Waals surface area contributed by atoms with Gasteiger partial charge in [-0.3, -0.25) is 9.59 Å². The molecule has 3 aliphatic heterocycles. The number of carbonyl (C=O) groups is 3. The fourth-order valence-corrected chi connectivity index (χ4v) is 5.02. The molecule has 0 bridgehead atoms. The number of hydrogen-bond donors (Lipinski definition) is 1. The van der Waals surface area contributed by atoms with Crippen LogP contribution in [-0.2, 0) is 14.3 Å². The van der Waals surface area contributed by atoms with Gasteiger partial charge in [-0.15, -0.1) is 0 Å². The molecule has 3 fully saturated rings. The minimum absolute atomic E-state index is 0.0181. The van der Waals surface area contributed by atoms with Gasteiger partial charge in [-0.2, -0.15) is 0 Å². The van der Waals surface area contributed by atoms with Crippen LogP contribution in [0.5, 0.6) is 0 Å². The van der Waals surface area contributed by atoms with Gasteiger partial charge in [-0.25, -0.2) is 14.8 Å². The van der Waals surface area contributed by atoms with E-state index in [0.29, 0.717) is 32.8 Å². The number of carbonyl (C=O) groups excluding carboxylic acids is 3. The van der Waals surface area contributed by atoms with Crippen LogP contribution in [-0.4, -0.2) is 101 Å². The van der Waals surface area contributed by atoms with E-state index in [2.05, 4.69) is 10.2 Å². The molecule has 4 rings (SSSR count). The highest BCUT2D eigenvalue weighted by Crippen LogP contribution is 2.30. The molecule has 32 heavy (non-hydrogen) atoms. The smallest absolute Gasteiger partial charge is 0.408 e. The number of ether oxygens (including phenoxy) is 1. The number of fused-ring (bicyclic) bond motifs is 1. The first-order valence-electron chi connectivity index (χ1n) is 11.6. The first-order chi connectivity index (χ1) is 15.1. The minimum Gasteiger partial charge on any atom is -0.444 e. The van der Waals surface area contributed by atoms with Gasteiger partial charge in [0.1, 0.15) is 24.0 Å². The standard InChI is InChI=1S/C22H36N6O4/c1-22(2,3)32-21(31)23-18(16-7-5-6-8-16)20(30)25-9-11-27(12-10-25)28-15-26-14-24(4)13-17(26)19(28)29/h13,16,18H,5-12,14-15H2,1-4H3,(H,23,31). The summed E-state index contributed by atoms with van der Waals surface area (Å²) in [7, 11) is 1.96. The van der Waals surface area contributed by atoms with E-state index < -0.39 is 17.7 Å². The van der Waals surface area contributed by atoms with E-state index in [0.717, 1.165) is 38.0 Å². The van der Waals surface area contributed by atoms with Crippen LogP contribution in [0.3, 0.4) is 0 Å². The maximum absolute atomic E-state index is 13.4. The lowest BCUT2D eigenvalue weighted by molar-refractivity contribution is -0.149. The second-order valence-electron chi connectivity index (χ2n) is 10.2. The Bertz CT molecular complexity index is 780. The summed E-state index contributed by atoms with van der Waals surface area (Å²) in [6.07, 6.45) is 5.38. The van der Waals surface area contributed by atoms with E-state index in [1.807, 2.05) is 48.8 Å². The van der Waals surface area contributed by atoms with Gasteiger partial charge in [0.15, 0.2) is 0 Å². The molecular weight excluding hydrogens is 412 g/mol. The van der Waals surface area contributed by atoms with Gasteiger partial charge in [0.25, 0.3) is 5.91 Å². The third-order valence-corrected chi connectivity index (χ3v) is 6.55. The largest absolute Gasteiger partial charge is 0.444 e. The summed E-state index contributed by atoms with van der Waals surface area (Å²) >= 11 is 0. The van der Waals surface area contributed by atoms with Crippen LogP contribution in [0.1, 0.15) is 46.5 Å². The lowest BCUT2D eigenvalue weighted by Gasteiger charge is -2.40. The van der Waals surface area contributed by atoms with Crippen molar-refractivity contribution in [2.75, 3.05) is 46.6 Å². The van der Waals surface area contributed by atoms with Crippen molar-refractivity contribution < 1.29 is 19.1 Å². The second kappa shape index (κ2) is 8.80. The van der Waals surface area contributed by atoms with Crippen molar-refractivity contribution in [1.29, 1.82) is 0 Å². The molecule has 0 aromatic carbocycles. The van der Waals surface area contributed by atoms with Gasteiger partial charge in [-0.05, 0) is 39.5 Å².